The molecule has 0 radical (unpaired) electrons. The summed E-state index contributed by atoms with van der Waals surface area (Å²) in [6.07, 6.45) is 2.17. The lowest BCUT2D eigenvalue weighted by Gasteiger charge is -2.08. The molecule has 0 bridgehead atoms. The molecule has 0 spiro atoms. The third-order valence-electron chi connectivity index (χ3n) is 2.72. The molecule has 0 saturated heterocycles. The third kappa shape index (κ3) is 10.5. The summed E-state index contributed by atoms with van der Waals surface area (Å²) in [6.45, 7) is 7.79. The highest BCUT2D eigenvalue weighted by Crippen LogP contribution is 2.04. The van der Waals surface area contributed by atoms with E-state index in [4.69, 9.17) is 4.74 Å². The Labute approximate surface area is 121 Å². The average Bonchev–Trinajstić information content (AvgIpc) is 2.33. The normalized spacial score (nSPS) is 10.7. The summed E-state index contributed by atoms with van der Waals surface area (Å²) < 4.78 is 4.98. The van der Waals surface area contributed by atoms with E-state index in [1.807, 2.05) is 13.8 Å². The highest BCUT2D eigenvalue weighted by Gasteiger charge is 2.09. The van der Waals surface area contributed by atoms with E-state index in [-0.39, 0.29) is 29.7 Å². The molecule has 0 aromatic heterocycles. The fourth-order valence-electron chi connectivity index (χ4n) is 1.58. The monoisotopic (exact) mass is 285 g/mol. The Hall–Kier alpha value is -1.39. The van der Waals surface area contributed by atoms with E-state index in [0.29, 0.717) is 38.6 Å². The van der Waals surface area contributed by atoms with Crippen LogP contribution >= 0.6 is 0 Å². The lowest BCUT2D eigenvalue weighted by atomic mass is 10.0. The summed E-state index contributed by atoms with van der Waals surface area (Å²) in [7, 11) is 0. The molecule has 0 atom stereocenters. The van der Waals surface area contributed by atoms with Crippen LogP contribution in [0.2, 0.25) is 0 Å². The quantitative estimate of drug-likeness (QED) is 0.493. The summed E-state index contributed by atoms with van der Waals surface area (Å²) in [5.74, 6) is -0.0881. The molecule has 0 aliphatic rings. The summed E-state index contributed by atoms with van der Waals surface area (Å²) in [5, 5.41) is 2.74. The molecule has 0 fully saturated rings. The van der Waals surface area contributed by atoms with Crippen LogP contribution in [-0.4, -0.2) is 30.3 Å². The minimum atomic E-state index is -0.239. The number of carbonyl (C=O) groups is 3. The van der Waals surface area contributed by atoms with E-state index in [0.717, 1.165) is 0 Å². The van der Waals surface area contributed by atoms with Gasteiger partial charge in [0.25, 0.3) is 0 Å². The van der Waals surface area contributed by atoms with Crippen LogP contribution in [0.1, 0.15) is 59.8 Å². The van der Waals surface area contributed by atoms with Crippen LogP contribution < -0.4 is 5.32 Å². The number of hydrogen-bond acceptors (Lipinski definition) is 4. The van der Waals surface area contributed by atoms with E-state index in [2.05, 4.69) is 5.32 Å². The molecule has 0 heterocycles. The zero-order chi connectivity index (χ0) is 15.5. The Morgan fingerprint density at radius 1 is 0.950 bits per heavy atom. The average molecular weight is 285 g/mol. The highest BCUT2D eigenvalue weighted by atomic mass is 16.5. The predicted molar refractivity (Wildman–Crippen MR) is 77.2 cm³/mol. The van der Waals surface area contributed by atoms with Gasteiger partial charge in [0.2, 0.25) is 5.91 Å². The van der Waals surface area contributed by atoms with E-state index < -0.39 is 0 Å². The minimum Gasteiger partial charge on any atom is -0.463 e. The fraction of sp³-hybridized carbons (Fsp3) is 0.800. The molecule has 0 aliphatic carbocycles. The Morgan fingerprint density at radius 3 is 2.15 bits per heavy atom. The van der Waals surface area contributed by atoms with Crippen LogP contribution in [0.3, 0.4) is 0 Å². The van der Waals surface area contributed by atoms with Crippen LogP contribution in [0.25, 0.3) is 0 Å². The molecule has 0 unspecified atom stereocenters. The van der Waals surface area contributed by atoms with Gasteiger partial charge in [0.15, 0.2) is 0 Å². The van der Waals surface area contributed by atoms with Crippen molar-refractivity contribution < 1.29 is 19.1 Å². The molecule has 0 saturated carbocycles. The van der Waals surface area contributed by atoms with Gasteiger partial charge >= 0.3 is 5.97 Å². The Kier molecular flexibility index (Phi) is 9.68. The second-order valence-electron chi connectivity index (χ2n) is 5.47. The predicted octanol–water partition coefficient (Wildman–Crippen LogP) is 2.23. The number of amides is 1. The topological polar surface area (TPSA) is 72.5 Å². The molecule has 0 aromatic rings. The zero-order valence-corrected chi connectivity index (χ0v) is 13.0. The van der Waals surface area contributed by atoms with Crippen LogP contribution in [0.5, 0.6) is 0 Å². The second-order valence-corrected chi connectivity index (χ2v) is 5.47. The van der Waals surface area contributed by atoms with Gasteiger partial charge in [-0.1, -0.05) is 13.8 Å². The van der Waals surface area contributed by atoms with Crippen molar-refractivity contribution in [3.63, 3.8) is 0 Å². The van der Waals surface area contributed by atoms with Gasteiger partial charge in [-0.2, -0.15) is 0 Å². The molecular formula is C15H27NO4. The van der Waals surface area contributed by atoms with Crippen LogP contribution in [0.4, 0.5) is 0 Å². The van der Waals surface area contributed by atoms with Crippen molar-refractivity contribution in [1.82, 2.24) is 5.32 Å². The maximum absolute atomic E-state index is 11.5. The molecule has 5 heteroatoms. The summed E-state index contributed by atoms with van der Waals surface area (Å²) in [6, 6.07) is 0. The summed E-state index contributed by atoms with van der Waals surface area (Å²) in [5.41, 5.74) is 0. The van der Waals surface area contributed by atoms with Crippen LogP contribution in [0, 0.1) is 5.92 Å². The van der Waals surface area contributed by atoms with Gasteiger partial charge in [0.05, 0.1) is 6.10 Å². The van der Waals surface area contributed by atoms with Crippen molar-refractivity contribution in [2.75, 3.05) is 6.54 Å². The second kappa shape index (κ2) is 10.4. The molecule has 20 heavy (non-hydrogen) atoms. The van der Waals surface area contributed by atoms with Gasteiger partial charge < -0.3 is 10.1 Å². The van der Waals surface area contributed by atoms with Gasteiger partial charge in [-0.25, -0.2) is 0 Å². The van der Waals surface area contributed by atoms with Gasteiger partial charge in [0, 0.05) is 31.7 Å². The number of carbonyl (C=O) groups excluding carboxylic acids is 3. The van der Waals surface area contributed by atoms with Gasteiger partial charge in [-0.3, -0.25) is 14.4 Å². The van der Waals surface area contributed by atoms with E-state index in [1.165, 1.54) is 0 Å². The van der Waals surface area contributed by atoms with Crippen molar-refractivity contribution in [3.05, 3.63) is 0 Å². The van der Waals surface area contributed by atoms with Gasteiger partial charge in [0.1, 0.15) is 5.78 Å². The van der Waals surface area contributed by atoms with Crippen molar-refractivity contribution in [3.8, 4) is 0 Å². The zero-order valence-electron chi connectivity index (χ0n) is 13.0. The lowest BCUT2D eigenvalue weighted by molar-refractivity contribution is -0.147. The molecule has 1 N–H and O–H groups in total. The molecular weight excluding hydrogens is 258 g/mol. The van der Waals surface area contributed by atoms with Crippen molar-refractivity contribution in [1.29, 1.82) is 0 Å². The molecule has 1 amide bonds. The first kappa shape index (κ1) is 18.6. The van der Waals surface area contributed by atoms with Crippen LogP contribution in [-0.2, 0) is 19.1 Å². The van der Waals surface area contributed by atoms with E-state index in [9.17, 15) is 14.4 Å². The third-order valence-corrected chi connectivity index (χ3v) is 2.72. The first-order valence-electron chi connectivity index (χ1n) is 7.31. The standard InChI is InChI=1S/C15H27NO4/c1-11(2)13(17)7-5-8-14(18)16-10-6-9-15(19)20-12(3)4/h11-12H,5-10H2,1-4H3,(H,16,18). The largest absolute Gasteiger partial charge is 0.463 e. The molecule has 5 nitrogen and oxygen atoms in total. The minimum absolute atomic E-state index is 0.0324. The number of ether oxygens (including phenoxy) is 1. The first-order chi connectivity index (χ1) is 9.32. The van der Waals surface area contributed by atoms with Gasteiger partial charge in [-0.15, -0.1) is 0 Å². The molecule has 116 valence electrons. The summed E-state index contributed by atoms with van der Waals surface area (Å²) in [4.78, 5) is 34.1. The van der Waals surface area contributed by atoms with E-state index >= 15 is 0 Å². The smallest absolute Gasteiger partial charge is 0.306 e. The SMILES string of the molecule is CC(C)OC(=O)CCCNC(=O)CCCC(=O)C(C)C. The highest BCUT2D eigenvalue weighted by molar-refractivity contribution is 5.81. The number of ketones is 1. The van der Waals surface area contributed by atoms with Crippen molar-refractivity contribution >= 4 is 17.7 Å². The lowest BCUT2D eigenvalue weighted by Crippen LogP contribution is -2.25. The van der Waals surface area contributed by atoms with Crippen molar-refractivity contribution in [2.45, 2.75) is 65.9 Å². The van der Waals surface area contributed by atoms with E-state index in [1.54, 1.807) is 13.8 Å². The van der Waals surface area contributed by atoms with Crippen LogP contribution in [0.15, 0.2) is 0 Å². The number of nitrogens with one attached hydrogen (secondary N) is 1. The van der Waals surface area contributed by atoms with Crippen molar-refractivity contribution in [2.24, 2.45) is 5.92 Å². The number of hydrogen-bond donors (Lipinski definition) is 1. The Morgan fingerprint density at radius 2 is 1.60 bits per heavy atom. The maximum Gasteiger partial charge on any atom is 0.306 e. The Balaban J connectivity index is 3.55. The first-order valence-corrected chi connectivity index (χ1v) is 7.31. The molecule has 0 aliphatic heterocycles. The van der Waals surface area contributed by atoms with Gasteiger partial charge in [-0.05, 0) is 26.7 Å². The Bertz CT molecular complexity index is 324. The fourth-order valence-corrected chi connectivity index (χ4v) is 1.58. The summed E-state index contributed by atoms with van der Waals surface area (Å²) >= 11 is 0. The number of esters is 1. The number of Topliss-reactive ketones (excluding diaryl/α,β-unsaturated/α-hetero) is 1. The maximum atomic E-state index is 11.5. The molecule has 0 rings (SSSR count). The number of rotatable bonds is 10. The molecule has 0 aromatic carbocycles.